The molecular formula is C20H20N4O5. The molecule has 2 aromatic carbocycles. The first-order valence-corrected chi connectivity index (χ1v) is 8.51. The van der Waals surface area contributed by atoms with E-state index in [-0.39, 0.29) is 11.6 Å². The SMILES string of the molecule is COC(=O)c1ccc(Oc2ncnc(Nc3cc(OC)ccc3OC)c2N)cc1. The Morgan fingerprint density at radius 3 is 2.34 bits per heavy atom. The third-order valence-electron chi connectivity index (χ3n) is 4.00. The standard InChI is InChI=1S/C20H20N4O5/c1-26-14-8-9-16(27-2)15(10-14)24-18-17(21)19(23-11-22-18)29-13-6-4-12(5-7-13)20(25)28-3/h4-11H,21H2,1-3H3,(H,22,23,24). The molecule has 0 unspecified atom stereocenters. The van der Waals surface area contributed by atoms with Crippen LogP contribution in [-0.4, -0.2) is 37.3 Å². The number of aromatic nitrogens is 2. The van der Waals surface area contributed by atoms with E-state index in [1.54, 1.807) is 56.7 Å². The van der Waals surface area contributed by atoms with Crippen LogP contribution in [0.1, 0.15) is 10.4 Å². The second kappa shape index (κ2) is 8.79. The lowest BCUT2D eigenvalue weighted by atomic mass is 10.2. The molecule has 0 saturated heterocycles. The number of hydrogen-bond donors (Lipinski definition) is 2. The van der Waals surface area contributed by atoms with Gasteiger partial charge in [0.25, 0.3) is 0 Å². The van der Waals surface area contributed by atoms with Gasteiger partial charge in [0.05, 0.1) is 32.6 Å². The van der Waals surface area contributed by atoms with E-state index in [9.17, 15) is 4.79 Å². The first-order chi connectivity index (χ1) is 14.0. The molecule has 1 heterocycles. The number of nitrogens with one attached hydrogen (secondary N) is 1. The van der Waals surface area contributed by atoms with Crippen molar-refractivity contribution in [3.05, 3.63) is 54.4 Å². The Labute approximate surface area is 167 Å². The predicted octanol–water partition coefficient (Wildman–Crippen LogP) is 3.40. The highest BCUT2D eigenvalue weighted by Gasteiger charge is 2.14. The van der Waals surface area contributed by atoms with Gasteiger partial charge in [-0.1, -0.05) is 0 Å². The predicted molar refractivity (Wildman–Crippen MR) is 107 cm³/mol. The van der Waals surface area contributed by atoms with Gasteiger partial charge in [-0.05, 0) is 36.4 Å². The summed E-state index contributed by atoms with van der Waals surface area (Å²) in [6.07, 6.45) is 1.32. The number of benzene rings is 2. The summed E-state index contributed by atoms with van der Waals surface area (Å²) in [5, 5.41) is 3.10. The second-order valence-electron chi connectivity index (χ2n) is 5.75. The van der Waals surface area contributed by atoms with Gasteiger partial charge in [-0.15, -0.1) is 0 Å². The monoisotopic (exact) mass is 396 g/mol. The smallest absolute Gasteiger partial charge is 0.337 e. The lowest BCUT2D eigenvalue weighted by Gasteiger charge is -2.14. The Morgan fingerprint density at radius 2 is 1.69 bits per heavy atom. The van der Waals surface area contributed by atoms with Gasteiger partial charge in [0, 0.05) is 6.07 Å². The number of carbonyl (C=O) groups excluding carboxylic acids is 1. The number of rotatable bonds is 7. The molecule has 0 saturated carbocycles. The number of esters is 1. The highest BCUT2D eigenvalue weighted by atomic mass is 16.5. The maximum Gasteiger partial charge on any atom is 0.337 e. The van der Waals surface area contributed by atoms with E-state index in [0.29, 0.717) is 34.3 Å². The van der Waals surface area contributed by atoms with E-state index in [1.165, 1.54) is 13.4 Å². The summed E-state index contributed by atoms with van der Waals surface area (Å²) in [7, 11) is 4.45. The fraction of sp³-hybridized carbons (Fsp3) is 0.150. The van der Waals surface area contributed by atoms with Crippen LogP contribution in [0.2, 0.25) is 0 Å². The van der Waals surface area contributed by atoms with Crippen LogP contribution >= 0.6 is 0 Å². The molecule has 1 aromatic heterocycles. The molecule has 3 aromatic rings. The molecule has 0 radical (unpaired) electrons. The van der Waals surface area contributed by atoms with Crippen molar-refractivity contribution < 1.29 is 23.7 Å². The van der Waals surface area contributed by atoms with E-state index in [0.717, 1.165) is 0 Å². The van der Waals surface area contributed by atoms with Crippen LogP contribution in [0.25, 0.3) is 0 Å². The Hall–Kier alpha value is -4.01. The van der Waals surface area contributed by atoms with Crippen LogP contribution in [0.3, 0.4) is 0 Å². The van der Waals surface area contributed by atoms with Crippen LogP contribution in [0.15, 0.2) is 48.8 Å². The summed E-state index contributed by atoms with van der Waals surface area (Å²) < 4.78 is 21.0. The average molecular weight is 396 g/mol. The molecule has 9 heteroatoms. The zero-order chi connectivity index (χ0) is 20.8. The minimum atomic E-state index is -0.433. The van der Waals surface area contributed by atoms with Crippen molar-refractivity contribution in [3.63, 3.8) is 0 Å². The quantitative estimate of drug-likeness (QED) is 0.579. The van der Waals surface area contributed by atoms with Gasteiger partial charge in [0.2, 0.25) is 5.88 Å². The van der Waals surface area contributed by atoms with Gasteiger partial charge in [-0.2, -0.15) is 4.98 Å². The molecule has 3 N–H and O–H groups in total. The zero-order valence-electron chi connectivity index (χ0n) is 16.1. The molecule has 0 fully saturated rings. The van der Waals surface area contributed by atoms with Crippen LogP contribution in [0, 0.1) is 0 Å². The van der Waals surface area contributed by atoms with Crippen molar-refractivity contribution in [3.8, 4) is 23.1 Å². The number of nitrogens with two attached hydrogens (primary N) is 1. The zero-order valence-corrected chi connectivity index (χ0v) is 16.1. The summed E-state index contributed by atoms with van der Waals surface area (Å²) in [5.41, 5.74) is 7.41. The summed E-state index contributed by atoms with van der Waals surface area (Å²) in [5.74, 6) is 1.75. The lowest BCUT2D eigenvalue weighted by Crippen LogP contribution is -2.04. The molecule has 0 spiro atoms. The fourth-order valence-electron chi connectivity index (χ4n) is 2.49. The fourth-order valence-corrected chi connectivity index (χ4v) is 2.49. The van der Waals surface area contributed by atoms with E-state index in [2.05, 4.69) is 20.0 Å². The van der Waals surface area contributed by atoms with Crippen LogP contribution < -0.4 is 25.3 Å². The minimum absolute atomic E-state index is 0.162. The van der Waals surface area contributed by atoms with Gasteiger partial charge in [-0.3, -0.25) is 0 Å². The first-order valence-electron chi connectivity index (χ1n) is 8.51. The maximum atomic E-state index is 11.5. The van der Waals surface area contributed by atoms with Crippen molar-refractivity contribution in [1.29, 1.82) is 0 Å². The Bertz CT molecular complexity index is 1010. The number of carbonyl (C=O) groups is 1. The lowest BCUT2D eigenvalue weighted by molar-refractivity contribution is 0.0600. The molecule has 0 atom stereocenters. The molecule has 0 bridgehead atoms. The normalized spacial score (nSPS) is 10.2. The Kier molecular flexibility index (Phi) is 5.98. The number of ether oxygens (including phenoxy) is 4. The molecule has 0 aliphatic carbocycles. The summed E-state index contributed by atoms with van der Waals surface area (Å²) >= 11 is 0. The van der Waals surface area contributed by atoms with Gasteiger partial charge in [-0.25, -0.2) is 9.78 Å². The molecular weight excluding hydrogens is 376 g/mol. The minimum Gasteiger partial charge on any atom is -0.497 e. The van der Waals surface area contributed by atoms with E-state index in [4.69, 9.17) is 19.9 Å². The second-order valence-corrected chi connectivity index (χ2v) is 5.75. The average Bonchev–Trinajstić information content (AvgIpc) is 2.76. The molecule has 150 valence electrons. The van der Waals surface area contributed by atoms with Crippen molar-refractivity contribution in [1.82, 2.24) is 9.97 Å². The van der Waals surface area contributed by atoms with Crippen LogP contribution in [0.5, 0.6) is 23.1 Å². The number of anilines is 3. The first kappa shape index (κ1) is 19.7. The third kappa shape index (κ3) is 4.46. The number of nitrogens with zero attached hydrogens (tertiary/aromatic N) is 2. The highest BCUT2D eigenvalue weighted by Crippen LogP contribution is 2.35. The molecule has 0 amide bonds. The number of hydrogen-bond acceptors (Lipinski definition) is 9. The van der Waals surface area contributed by atoms with Crippen molar-refractivity contribution in [2.45, 2.75) is 0 Å². The van der Waals surface area contributed by atoms with E-state index < -0.39 is 5.97 Å². The van der Waals surface area contributed by atoms with Gasteiger partial charge in [0.1, 0.15) is 29.3 Å². The molecule has 0 aliphatic rings. The summed E-state index contributed by atoms with van der Waals surface area (Å²) in [4.78, 5) is 19.8. The largest absolute Gasteiger partial charge is 0.497 e. The van der Waals surface area contributed by atoms with E-state index >= 15 is 0 Å². The van der Waals surface area contributed by atoms with E-state index in [1.807, 2.05) is 0 Å². The van der Waals surface area contributed by atoms with Crippen molar-refractivity contribution >= 4 is 23.2 Å². The van der Waals surface area contributed by atoms with Gasteiger partial charge in [0.15, 0.2) is 5.82 Å². The third-order valence-corrected chi connectivity index (χ3v) is 4.00. The Balaban J connectivity index is 1.84. The topological polar surface area (TPSA) is 118 Å². The summed E-state index contributed by atoms with van der Waals surface area (Å²) in [6.45, 7) is 0. The highest BCUT2D eigenvalue weighted by molar-refractivity contribution is 5.89. The van der Waals surface area contributed by atoms with Gasteiger partial charge < -0.3 is 30.0 Å². The summed E-state index contributed by atoms with van der Waals surface area (Å²) in [6, 6.07) is 11.7. The number of nitrogen functional groups attached to an aromatic ring is 1. The van der Waals surface area contributed by atoms with Gasteiger partial charge >= 0.3 is 5.97 Å². The van der Waals surface area contributed by atoms with Crippen molar-refractivity contribution in [2.75, 3.05) is 32.4 Å². The molecule has 9 nitrogen and oxygen atoms in total. The van der Waals surface area contributed by atoms with Crippen molar-refractivity contribution in [2.24, 2.45) is 0 Å². The molecule has 3 rings (SSSR count). The van der Waals surface area contributed by atoms with Crippen LogP contribution in [0.4, 0.5) is 17.2 Å². The number of methoxy groups -OCH3 is 3. The molecule has 29 heavy (non-hydrogen) atoms. The molecule has 0 aliphatic heterocycles. The van der Waals surface area contributed by atoms with Crippen LogP contribution in [-0.2, 0) is 4.74 Å². The Morgan fingerprint density at radius 1 is 0.966 bits per heavy atom. The maximum absolute atomic E-state index is 11.5.